The molecular formula is C20H19N3O4. The second-order valence-electron chi connectivity index (χ2n) is 6.54. The van der Waals surface area contributed by atoms with Gasteiger partial charge in [0.2, 0.25) is 11.8 Å². The van der Waals surface area contributed by atoms with Crippen molar-refractivity contribution >= 4 is 34.8 Å². The maximum absolute atomic E-state index is 12.3. The van der Waals surface area contributed by atoms with E-state index < -0.39 is 6.10 Å². The number of anilines is 3. The molecule has 1 fully saturated rings. The molecule has 0 saturated carbocycles. The Morgan fingerprint density at radius 2 is 1.93 bits per heavy atom. The van der Waals surface area contributed by atoms with E-state index in [1.54, 1.807) is 53.4 Å². The van der Waals surface area contributed by atoms with E-state index in [-0.39, 0.29) is 24.1 Å². The van der Waals surface area contributed by atoms with Crippen LogP contribution in [0.1, 0.15) is 19.3 Å². The highest BCUT2D eigenvalue weighted by atomic mass is 16.5. The molecule has 2 aromatic rings. The largest absolute Gasteiger partial charge is 0.478 e. The summed E-state index contributed by atoms with van der Waals surface area (Å²) in [7, 11) is 0. The van der Waals surface area contributed by atoms with Crippen molar-refractivity contribution in [3.05, 3.63) is 48.5 Å². The van der Waals surface area contributed by atoms with Gasteiger partial charge >= 0.3 is 0 Å². The summed E-state index contributed by atoms with van der Waals surface area (Å²) >= 11 is 0. The third-order valence-electron chi connectivity index (χ3n) is 4.61. The number of amides is 3. The molecule has 2 heterocycles. The molecule has 7 heteroatoms. The van der Waals surface area contributed by atoms with Crippen molar-refractivity contribution in [2.45, 2.75) is 25.4 Å². The number of fused-ring (bicyclic) bond motifs is 1. The summed E-state index contributed by atoms with van der Waals surface area (Å²) in [5.74, 6) is 0.00772. The average Bonchev–Trinajstić information content (AvgIpc) is 3.09. The SMILES string of the molecule is O=C(C[C@@H]1Oc2ccccc2NC1=O)Nc1ccc(N2CCCC2=O)cc1. The zero-order valence-electron chi connectivity index (χ0n) is 14.6. The van der Waals surface area contributed by atoms with Crippen LogP contribution in [-0.4, -0.2) is 30.4 Å². The van der Waals surface area contributed by atoms with Crippen LogP contribution in [0.5, 0.6) is 5.75 Å². The van der Waals surface area contributed by atoms with Gasteiger partial charge in [0, 0.05) is 24.3 Å². The Kier molecular flexibility index (Phi) is 4.50. The monoisotopic (exact) mass is 365 g/mol. The lowest BCUT2D eigenvalue weighted by molar-refractivity contribution is -0.128. The third kappa shape index (κ3) is 3.62. The van der Waals surface area contributed by atoms with Crippen molar-refractivity contribution < 1.29 is 19.1 Å². The Labute approximate surface area is 156 Å². The molecule has 0 unspecified atom stereocenters. The molecule has 2 aromatic carbocycles. The van der Waals surface area contributed by atoms with Crippen molar-refractivity contribution in [1.29, 1.82) is 0 Å². The zero-order valence-corrected chi connectivity index (χ0v) is 14.6. The molecule has 1 atom stereocenters. The standard InChI is InChI=1S/C20H19N3O4/c24-18(12-17-20(26)22-15-4-1-2-5-16(15)27-17)21-13-7-9-14(10-8-13)23-11-3-6-19(23)25/h1-2,4-5,7-10,17H,3,6,11-12H2,(H,21,24)(H,22,26)/t17-/m0/s1. The number of carbonyl (C=O) groups excluding carboxylic acids is 3. The van der Waals surface area contributed by atoms with Crippen molar-refractivity contribution in [3.63, 3.8) is 0 Å². The molecule has 0 radical (unpaired) electrons. The molecular weight excluding hydrogens is 346 g/mol. The fourth-order valence-electron chi connectivity index (χ4n) is 3.25. The van der Waals surface area contributed by atoms with Gasteiger partial charge in [0.15, 0.2) is 6.10 Å². The van der Waals surface area contributed by atoms with Crippen molar-refractivity contribution in [3.8, 4) is 5.75 Å². The summed E-state index contributed by atoms with van der Waals surface area (Å²) in [6, 6.07) is 14.2. The highest BCUT2D eigenvalue weighted by molar-refractivity contribution is 6.02. The Hall–Kier alpha value is -3.35. The van der Waals surface area contributed by atoms with E-state index in [9.17, 15) is 14.4 Å². The fourth-order valence-corrected chi connectivity index (χ4v) is 3.25. The van der Waals surface area contributed by atoms with Crippen LogP contribution in [0.3, 0.4) is 0 Å². The van der Waals surface area contributed by atoms with Crippen molar-refractivity contribution in [2.75, 3.05) is 22.1 Å². The molecule has 7 nitrogen and oxygen atoms in total. The number of para-hydroxylation sites is 2. The molecule has 138 valence electrons. The number of hydrogen-bond acceptors (Lipinski definition) is 4. The number of benzene rings is 2. The number of nitrogens with zero attached hydrogens (tertiary/aromatic N) is 1. The molecule has 2 aliphatic heterocycles. The first kappa shape index (κ1) is 17.1. The van der Waals surface area contributed by atoms with Gasteiger partial charge in [-0.05, 0) is 42.8 Å². The van der Waals surface area contributed by atoms with E-state index in [2.05, 4.69) is 10.6 Å². The lowest BCUT2D eigenvalue weighted by Gasteiger charge is -2.25. The van der Waals surface area contributed by atoms with E-state index in [1.165, 1.54) is 0 Å². The number of hydrogen-bond donors (Lipinski definition) is 2. The Morgan fingerprint density at radius 3 is 2.67 bits per heavy atom. The third-order valence-corrected chi connectivity index (χ3v) is 4.61. The van der Waals surface area contributed by atoms with E-state index in [0.29, 0.717) is 23.5 Å². The minimum absolute atomic E-state index is 0.0907. The van der Waals surface area contributed by atoms with Gasteiger partial charge in [0.05, 0.1) is 12.1 Å². The lowest BCUT2D eigenvalue weighted by Crippen LogP contribution is -2.39. The highest BCUT2D eigenvalue weighted by Gasteiger charge is 2.29. The summed E-state index contributed by atoms with van der Waals surface area (Å²) in [5, 5.41) is 5.50. The minimum Gasteiger partial charge on any atom is -0.478 e. The van der Waals surface area contributed by atoms with Crippen LogP contribution in [0.25, 0.3) is 0 Å². The predicted molar refractivity (Wildman–Crippen MR) is 101 cm³/mol. The minimum atomic E-state index is -0.874. The quantitative estimate of drug-likeness (QED) is 0.872. The number of rotatable bonds is 4. The van der Waals surface area contributed by atoms with Crippen LogP contribution in [0.2, 0.25) is 0 Å². The van der Waals surface area contributed by atoms with Crippen LogP contribution in [0, 0.1) is 0 Å². The number of nitrogens with one attached hydrogen (secondary N) is 2. The maximum Gasteiger partial charge on any atom is 0.266 e. The van der Waals surface area contributed by atoms with Crippen molar-refractivity contribution in [1.82, 2.24) is 0 Å². The molecule has 0 bridgehead atoms. The number of ether oxygens (including phenoxy) is 1. The molecule has 3 amide bonds. The van der Waals surface area contributed by atoms with Crippen LogP contribution >= 0.6 is 0 Å². The summed E-state index contributed by atoms with van der Waals surface area (Å²) in [5.41, 5.74) is 2.03. The second kappa shape index (κ2) is 7.11. The smallest absolute Gasteiger partial charge is 0.266 e. The van der Waals surface area contributed by atoms with E-state index in [1.807, 2.05) is 0 Å². The fraction of sp³-hybridized carbons (Fsp3) is 0.250. The zero-order chi connectivity index (χ0) is 18.8. The molecule has 2 N–H and O–H groups in total. The summed E-state index contributed by atoms with van der Waals surface area (Å²) < 4.78 is 5.63. The average molecular weight is 365 g/mol. The van der Waals surface area contributed by atoms with E-state index in [4.69, 9.17) is 4.74 Å². The predicted octanol–water partition coefficient (Wildman–Crippen LogP) is 2.54. The molecule has 27 heavy (non-hydrogen) atoms. The maximum atomic E-state index is 12.3. The topological polar surface area (TPSA) is 87.7 Å². The van der Waals surface area contributed by atoms with Gasteiger partial charge < -0.3 is 20.3 Å². The first-order chi connectivity index (χ1) is 13.1. The molecule has 0 aliphatic carbocycles. The first-order valence-corrected chi connectivity index (χ1v) is 8.87. The van der Waals surface area contributed by atoms with Crippen LogP contribution in [-0.2, 0) is 14.4 Å². The van der Waals surface area contributed by atoms with Gasteiger partial charge in [-0.2, -0.15) is 0 Å². The van der Waals surface area contributed by atoms with Crippen LogP contribution in [0.15, 0.2) is 48.5 Å². The molecule has 4 rings (SSSR count). The van der Waals surface area contributed by atoms with Crippen LogP contribution < -0.4 is 20.3 Å². The van der Waals surface area contributed by atoms with Crippen molar-refractivity contribution in [2.24, 2.45) is 0 Å². The molecule has 0 aromatic heterocycles. The lowest BCUT2D eigenvalue weighted by atomic mass is 10.1. The molecule has 2 aliphatic rings. The van der Waals surface area contributed by atoms with E-state index in [0.717, 1.165) is 18.7 Å². The van der Waals surface area contributed by atoms with Gasteiger partial charge in [-0.1, -0.05) is 12.1 Å². The van der Waals surface area contributed by atoms with E-state index >= 15 is 0 Å². The number of carbonyl (C=O) groups is 3. The Bertz CT molecular complexity index is 894. The van der Waals surface area contributed by atoms with Gasteiger partial charge in [0.25, 0.3) is 5.91 Å². The molecule has 0 spiro atoms. The normalized spacial score (nSPS) is 18.5. The first-order valence-electron chi connectivity index (χ1n) is 8.87. The molecule has 1 saturated heterocycles. The summed E-state index contributed by atoms with van der Waals surface area (Å²) in [4.78, 5) is 37.9. The van der Waals surface area contributed by atoms with Crippen LogP contribution in [0.4, 0.5) is 17.1 Å². The second-order valence-corrected chi connectivity index (χ2v) is 6.54. The Balaban J connectivity index is 1.37. The van der Waals surface area contributed by atoms with Gasteiger partial charge in [-0.3, -0.25) is 14.4 Å². The Morgan fingerprint density at radius 1 is 1.15 bits per heavy atom. The summed E-state index contributed by atoms with van der Waals surface area (Å²) in [6.07, 6.45) is 0.475. The summed E-state index contributed by atoms with van der Waals surface area (Å²) in [6.45, 7) is 0.722. The van der Waals surface area contributed by atoms with Gasteiger partial charge in [0.1, 0.15) is 5.75 Å². The highest BCUT2D eigenvalue weighted by Crippen LogP contribution is 2.30. The van der Waals surface area contributed by atoms with Gasteiger partial charge in [-0.15, -0.1) is 0 Å². The van der Waals surface area contributed by atoms with Gasteiger partial charge in [-0.25, -0.2) is 0 Å².